The van der Waals surface area contributed by atoms with E-state index in [1.807, 2.05) is 0 Å². The molecule has 0 heterocycles. The van der Waals surface area contributed by atoms with E-state index in [0.29, 0.717) is 31.3 Å². The molecule has 0 saturated heterocycles. The zero-order chi connectivity index (χ0) is 18.2. The summed E-state index contributed by atoms with van der Waals surface area (Å²) < 4.78 is 5.67. The van der Waals surface area contributed by atoms with E-state index in [4.69, 9.17) is 4.74 Å². The molecular formula is C21H36O4. The van der Waals surface area contributed by atoms with Gasteiger partial charge in [0.2, 0.25) is 0 Å². The highest BCUT2D eigenvalue weighted by atomic mass is 16.5. The number of unbranched alkanes of at least 4 members (excludes halogenated alkanes) is 2. The van der Waals surface area contributed by atoms with Gasteiger partial charge in [0.1, 0.15) is 0 Å². The molecule has 0 radical (unpaired) electrons. The number of carbonyl (C=O) groups excluding carboxylic acids is 1. The largest absolute Gasteiger partial charge is 0.481 e. The first-order valence-corrected chi connectivity index (χ1v) is 10.4. The first-order chi connectivity index (χ1) is 12.0. The van der Waals surface area contributed by atoms with Crippen LogP contribution in [-0.2, 0) is 14.3 Å². The molecule has 5 atom stereocenters. The number of aliphatic carboxylic acids is 1. The summed E-state index contributed by atoms with van der Waals surface area (Å²) in [7, 11) is 0. The number of esters is 1. The molecule has 4 nitrogen and oxygen atoms in total. The third-order valence-corrected chi connectivity index (χ3v) is 6.41. The predicted molar refractivity (Wildman–Crippen MR) is 98.2 cm³/mol. The van der Waals surface area contributed by atoms with Crippen molar-refractivity contribution in [3.8, 4) is 0 Å². The second-order valence-electron chi connectivity index (χ2n) is 8.40. The van der Waals surface area contributed by atoms with E-state index >= 15 is 0 Å². The summed E-state index contributed by atoms with van der Waals surface area (Å²) >= 11 is 0. The number of carboxylic acids is 1. The average molecular weight is 353 g/mol. The molecule has 25 heavy (non-hydrogen) atoms. The summed E-state index contributed by atoms with van der Waals surface area (Å²) in [5.74, 6) is -0.203. The number of carbonyl (C=O) groups is 2. The number of hydrogen-bond donors (Lipinski definition) is 1. The van der Waals surface area contributed by atoms with Crippen molar-refractivity contribution in [3.63, 3.8) is 0 Å². The van der Waals surface area contributed by atoms with Gasteiger partial charge in [0.25, 0.3) is 0 Å². The predicted octanol–water partition coefficient (Wildman–Crippen LogP) is 5.05. The quantitative estimate of drug-likeness (QED) is 0.490. The maximum atomic E-state index is 12.5. The van der Waals surface area contributed by atoms with Crippen LogP contribution >= 0.6 is 0 Å². The van der Waals surface area contributed by atoms with E-state index in [9.17, 15) is 14.7 Å². The zero-order valence-electron chi connectivity index (χ0n) is 16.0. The van der Waals surface area contributed by atoms with Gasteiger partial charge in [0.05, 0.1) is 18.4 Å². The van der Waals surface area contributed by atoms with E-state index in [1.54, 1.807) is 0 Å². The Morgan fingerprint density at radius 3 is 2.40 bits per heavy atom. The fraction of sp³-hybridized carbons (Fsp3) is 0.905. The average Bonchev–Trinajstić information content (AvgIpc) is 2.61. The topological polar surface area (TPSA) is 63.6 Å². The molecule has 2 aliphatic carbocycles. The first-order valence-electron chi connectivity index (χ1n) is 10.4. The minimum atomic E-state index is -0.842. The molecule has 0 amide bonds. The van der Waals surface area contributed by atoms with E-state index in [1.165, 1.54) is 38.5 Å². The van der Waals surface area contributed by atoms with Gasteiger partial charge in [-0.25, -0.2) is 0 Å². The van der Waals surface area contributed by atoms with Crippen molar-refractivity contribution in [1.29, 1.82) is 0 Å². The molecule has 0 spiro atoms. The molecule has 0 aromatic carbocycles. The van der Waals surface area contributed by atoms with Crippen LogP contribution in [-0.4, -0.2) is 23.7 Å². The van der Waals surface area contributed by atoms with Gasteiger partial charge < -0.3 is 9.84 Å². The molecule has 0 aromatic rings. The lowest BCUT2D eigenvalue weighted by Crippen LogP contribution is -2.35. The first kappa shape index (κ1) is 20.3. The summed E-state index contributed by atoms with van der Waals surface area (Å²) in [6.45, 7) is 5.05. The van der Waals surface area contributed by atoms with Crippen molar-refractivity contribution in [2.75, 3.05) is 6.61 Å². The van der Waals surface area contributed by atoms with Crippen molar-refractivity contribution in [3.05, 3.63) is 0 Å². The Labute approximate surface area is 152 Å². The highest BCUT2D eigenvalue weighted by molar-refractivity contribution is 5.81. The zero-order valence-corrected chi connectivity index (χ0v) is 16.0. The fourth-order valence-electron chi connectivity index (χ4n) is 4.80. The second kappa shape index (κ2) is 10.2. The van der Waals surface area contributed by atoms with Crippen LogP contribution in [0.5, 0.6) is 0 Å². The SMILES string of the molecule is CCCCCC1CC(C)CCC1COC(=O)C1CCCCC1C(=O)O. The molecule has 0 bridgehead atoms. The smallest absolute Gasteiger partial charge is 0.309 e. The van der Waals surface area contributed by atoms with E-state index < -0.39 is 17.8 Å². The molecule has 2 rings (SSSR count). The third-order valence-electron chi connectivity index (χ3n) is 6.41. The van der Waals surface area contributed by atoms with Gasteiger partial charge >= 0.3 is 11.9 Å². The standard InChI is InChI=1S/C21H36O4/c1-3-4-5-8-16-13-15(2)11-12-17(16)14-25-21(24)19-10-7-6-9-18(19)20(22)23/h15-19H,3-14H2,1-2H3,(H,22,23). The van der Waals surface area contributed by atoms with Crippen LogP contribution in [0.3, 0.4) is 0 Å². The normalized spacial score (nSPS) is 33.0. The summed E-state index contributed by atoms with van der Waals surface area (Å²) in [6, 6.07) is 0. The van der Waals surface area contributed by atoms with E-state index in [2.05, 4.69) is 13.8 Å². The third kappa shape index (κ3) is 6.00. The van der Waals surface area contributed by atoms with Gasteiger partial charge in [-0.15, -0.1) is 0 Å². The summed E-state index contributed by atoms with van der Waals surface area (Å²) in [4.78, 5) is 23.9. The molecular weight excluding hydrogens is 316 g/mol. The Morgan fingerprint density at radius 1 is 1.00 bits per heavy atom. The van der Waals surface area contributed by atoms with Crippen LogP contribution < -0.4 is 0 Å². The van der Waals surface area contributed by atoms with Gasteiger partial charge in [-0.05, 0) is 43.4 Å². The lowest BCUT2D eigenvalue weighted by Gasteiger charge is -2.35. The highest BCUT2D eigenvalue weighted by Crippen LogP contribution is 2.38. The van der Waals surface area contributed by atoms with Gasteiger partial charge in [-0.2, -0.15) is 0 Å². The van der Waals surface area contributed by atoms with Crippen molar-refractivity contribution >= 4 is 11.9 Å². The van der Waals surface area contributed by atoms with Crippen molar-refractivity contribution in [1.82, 2.24) is 0 Å². The summed E-state index contributed by atoms with van der Waals surface area (Å²) in [6.07, 6.45) is 11.7. The lowest BCUT2D eigenvalue weighted by molar-refractivity contribution is -0.161. The molecule has 2 aliphatic rings. The molecule has 5 unspecified atom stereocenters. The number of rotatable bonds is 8. The summed E-state index contributed by atoms with van der Waals surface area (Å²) in [5, 5.41) is 9.36. The molecule has 4 heteroatoms. The molecule has 1 N–H and O–H groups in total. The van der Waals surface area contributed by atoms with E-state index in [-0.39, 0.29) is 5.97 Å². The van der Waals surface area contributed by atoms with Gasteiger partial charge in [-0.3, -0.25) is 9.59 Å². The van der Waals surface area contributed by atoms with Crippen LogP contribution in [0.1, 0.15) is 84.5 Å². The van der Waals surface area contributed by atoms with Crippen LogP contribution in [0.2, 0.25) is 0 Å². The van der Waals surface area contributed by atoms with Crippen LogP contribution in [0, 0.1) is 29.6 Å². The van der Waals surface area contributed by atoms with Crippen molar-refractivity contribution in [2.45, 2.75) is 84.5 Å². The Kier molecular flexibility index (Phi) is 8.25. The Hall–Kier alpha value is -1.06. The lowest BCUT2D eigenvalue weighted by atomic mass is 9.73. The minimum absolute atomic E-state index is 0.266. The number of carboxylic acid groups (broad SMARTS) is 1. The Morgan fingerprint density at radius 2 is 1.72 bits per heavy atom. The van der Waals surface area contributed by atoms with Gasteiger partial charge in [0, 0.05) is 0 Å². The maximum absolute atomic E-state index is 12.5. The highest BCUT2D eigenvalue weighted by Gasteiger charge is 2.37. The molecule has 0 aromatic heterocycles. The number of hydrogen-bond acceptors (Lipinski definition) is 3. The maximum Gasteiger partial charge on any atom is 0.309 e. The monoisotopic (exact) mass is 352 g/mol. The Bertz CT molecular complexity index is 434. The number of ether oxygens (including phenoxy) is 1. The summed E-state index contributed by atoms with van der Waals surface area (Å²) in [5.41, 5.74) is 0. The van der Waals surface area contributed by atoms with Gasteiger partial charge in [0.15, 0.2) is 0 Å². The molecule has 2 saturated carbocycles. The minimum Gasteiger partial charge on any atom is -0.481 e. The second-order valence-corrected chi connectivity index (χ2v) is 8.40. The van der Waals surface area contributed by atoms with Crippen LogP contribution in [0.4, 0.5) is 0 Å². The molecule has 144 valence electrons. The fourth-order valence-corrected chi connectivity index (χ4v) is 4.80. The Balaban J connectivity index is 1.86. The van der Waals surface area contributed by atoms with Crippen LogP contribution in [0.15, 0.2) is 0 Å². The molecule has 2 fully saturated rings. The van der Waals surface area contributed by atoms with Gasteiger partial charge in [-0.1, -0.05) is 58.8 Å². The van der Waals surface area contributed by atoms with Crippen molar-refractivity contribution < 1.29 is 19.4 Å². The molecule has 0 aliphatic heterocycles. The van der Waals surface area contributed by atoms with Crippen molar-refractivity contribution in [2.24, 2.45) is 29.6 Å². The van der Waals surface area contributed by atoms with Crippen LogP contribution in [0.25, 0.3) is 0 Å². The van der Waals surface area contributed by atoms with E-state index in [0.717, 1.165) is 25.2 Å².